The van der Waals surface area contributed by atoms with Crippen molar-refractivity contribution >= 4 is 38.5 Å². The number of carbonyl (C=O) groups is 1. The number of fused-ring (bicyclic) bond motifs is 2. The van der Waals surface area contributed by atoms with E-state index in [1.807, 2.05) is 23.6 Å². The Kier molecular flexibility index (Phi) is 2.55. The molecule has 0 spiro atoms. The number of rotatable bonds is 2. The predicted molar refractivity (Wildman–Crippen MR) is 81.8 cm³/mol. The van der Waals surface area contributed by atoms with Gasteiger partial charge in [-0.3, -0.25) is 0 Å². The fourth-order valence-electron chi connectivity index (χ4n) is 2.32. The van der Waals surface area contributed by atoms with Gasteiger partial charge in [0.05, 0.1) is 11.1 Å². The molecule has 0 fully saturated rings. The number of benzene rings is 2. The molecule has 102 valence electrons. The van der Waals surface area contributed by atoms with Crippen LogP contribution in [0.2, 0.25) is 0 Å². The molecule has 0 aliphatic carbocycles. The quantitative estimate of drug-likeness (QED) is 0.595. The summed E-state index contributed by atoms with van der Waals surface area (Å²) in [6, 6.07) is 12.7. The predicted octanol–water partition coefficient (Wildman–Crippen LogP) is 4.41. The Morgan fingerprint density at radius 1 is 1.19 bits per heavy atom. The van der Waals surface area contributed by atoms with Gasteiger partial charge < -0.3 is 9.52 Å². The zero-order valence-electron chi connectivity index (χ0n) is 10.7. The minimum Gasteiger partial charge on any atom is -0.478 e. The highest BCUT2D eigenvalue weighted by atomic mass is 32.1. The average molecular weight is 295 g/mol. The second-order valence-corrected chi connectivity index (χ2v) is 5.56. The Morgan fingerprint density at radius 3 is 2.90 bits per heavy atom. The third-order valence-corrected chi connectivity index (χ3v) is 4.31. The Balaban J connectivity index is 1.92. The highest BCUT2D eigenvalue weighted by Gasteiger charge is 2.14. The van der Waals surface area contributed by atoms with Crippen LogP contribution in [0, 0.1) is 0 Å². The molecule has 0 radical (unpaired) electrons. The molecule has 0 saturated carbocycles. The summed E-state index contributed by atoms with van der Waals surface area (Å²) >= 11 is 1.63. The van der Waals surface area contributed by atoms with Crippen molar-refractivity contribution in [2.24, 2.45) is 0 Å². The van der Waals surface area contributed by atoms with Gasteiger partial charge in [0.1, 0.15) is 5.52 Å². The SMILES string of the molecule is O=C(O)c1ccc2oc(-c3csc4ccccc34)nc2c1. The van der Waals surface area contributed by atoms with E-state index in [1.165, 1.54) is 16.8 Å². The van der Waals surface area contributed by atoms with Gasteiger partial charge in [0.25, 0.3) is 0 Å². The maximum absolute atomic E-state index is 11.0. The fraction of sp³-hybridized carbons (Fsp3) is 0. The van der Waals surface area contributed by atoms with Gasteiger partial charge in [-0.25, -0.2) is 9.78 Å². The van der Waals surface area contributed by atoms with Crippen LogP contribution >= 0.6 is 11.3 Å². The van der Waals surface area contributed by atoms with Crippen LogP contribution in [0.1, 0.15) is 10.4 Å². The zero-order chi connectivity index (χ0) is 14.4. The topological polar surface area (TPSA) is 63.3 Å². The normalized spacial score (nSPS) is 11.2. The smallest absolute Gasteiger partial charge is 0.335 e. The van der Waals surface area contributed by atoms with Gasteiger partial charge in [-0.2, -0.15) is 0 Å². The van der Waals surface area contributed by atoms with Gasteiger partial charge in [-0.1, -0.05) is 18.2 Å². The number of hydrogen-bond acceptors (Lipinski definition) is 4. The first-order valence-electron chi connectivity index (χ1n) is 6.33. The van der Waals surface area contributed by atoms with E-state index in [2.05, 4.69) is 11.1 Å². The van der Waals surface area contributed by atoms with Gasteiger partial charge in [-0.15, -0.1) is 11.3 Å². The van der Waals surface area contributed by atoms with Crippen LogP contribution in [0.4, 0.5) is 0 Å². The Labute approximate surface area is 123 Å². The highest BCUT2D eigenvalue weighted by Crippen LogP contribution is 2.34. The van der Waals surface area contributed by atoms with Crippen LogP contribution in [0.5, 0.6) is 0 Å². The lowest BCUT2D eigenvalue weighted by molar-refractivity contribution is 0.0697. The van der Waals surface area contributed by atoms with Gasteiger partial charge >= 0.3 is 5.97 Å². The monoisotopic (exact) mass is 295 g/mol. The van der Waals surface area contributed by atoms with E-state index in [4.69, 9.17) is 9.52 Å². The third kappa shape index (κ3) is 1.90. The summed E-state index contributed by atoms with van der Waals surface area (Å²) in [6.45, 7) is 0. The van der Waals surface area contributed by atoms with E-state index < -0.39 is 5.97 Å². The second-order valence-electron chi connectivity index (χ2n) is 4.65. The van der Waals surface area contributed by atoms with Crippen molar-refractivity contribution in [1.82, 2.24) is 4.98 Å². The van der Waals surface area contributed by atoms with Crippen LogP contribution in [0.15, 0.2) is 52.3 Å². The number of oxazole rings is 1. The van der Waals surface area contributed by atoms with Crippen LogP contribution in [0.25, 0.3) is 32.6 Å². The number of thiophene rings is 1. The van der Waals surface area contributed by atoms with Crippen molar-refractivity contribution in [3.63, 3.8) is 0 Å². The summed E-state index contributed by atoms with van der Waals surface area (Å²) in [5.41, 5.74) is 2.28. The molecule has 0 saturated heterocycles. The number of carboxylic acid groups (broad SMARTS) is 1. The molecule has 4 nitrogen and oxygen atoms in total. The maximum atomic E-state index is 11.0. The standard InChI is InChI=1S/C16H9NO3S/c18-16(19)9-5-6-13-12(7-9)17-15(20-13)11-8-21-14-4-2-1-3-10(11)14/h1-8H,(H,18,19). The lowest BCUT2D eigenvalue weighted by atomic mass is 10.2. The minimum atomic E-state index is -0.970. The molecule has 2 aromatic heterocycles. The van der Waals surface area contributed by atoms with E-state index in [1.54, 1.807) is 17.4 Å². The lowest BCUT2D eigenvalue weighted by Gasteiger charge is -1.92. The van der Waals surface area contributed by atoms with Crippen LogP contribution in [0.3, 0.4) is 0 Å². The molecule has 0 bridgehead atoms. The molecule has 0 amide bonds. The summed E-state index contributed by atoms with van der Waals surface area (Å²) in [5, 5.41) is 12.1. The summed E-state index contributed by atoms with van der Waals surface area (Å²) in [7, 11) is 0. The average Bonchev–Trinajstić information content (AvgIpc) is 3.09. The molecule has 5 heteroatoms. The van der Waals surface area contributed by atoms with E-state index in [0.717, 1.165) is 10.9 Å². The number of carboxylic acids is 1. The first-order chi connectivity index (χ1) is 10.2. The molecule has 0 atom stereocenters. The summed E-state index contributed by atoms with van der Waals surface area (Å²) < 4.78 is 6.93. The van der Waals surface area contributed by atoms with E-state index in [0.29, 0.717) is 17.0 Å². The molecule has 0 aliphatic heterocycles. The molecule has 0 unspecified atom stereocenters. The maximum Gasteiger partial charge on any atom is 0.335 e. The van der Waals surface area contributed by atoms with Crippen LogP contribution in [-0.2, 0) is 0 Å². The molecule has 2 aromatic carbocycles. The Hall–Kier alpha value is -2.66. The summed E-state index contributed by atoms with van der Waals surface area (Å²) in [4.78, 5) is 15.4. The molecule has 0 aliphatic rings. The van der Waals surface area contributed by atoms with Crippen molar-refractivity contribution in [2.75, 3.05) is 0 Å². The van der Waals surface area contributed by atoms with Gasteiger partial charge in [0.15, 0.2) is 5.58 Å². The molecule has 1 N–H and O–H groups in total. The molecular weight excluding hydrogens is 286 g/mol. The molecule has 21 heavy (non-hydrogen) atoms. The number of nitrogens with zero attached hydrogens (tertiary/aromatic N) is 1. The van der Waals surface area contributed by atoms with Crippen LogP contribution in [-0.4, -0.2) is 16.1 Å². The minimum absolute atomic E-state index is 0.206. The highest BCUT2D eigenvalue weighted by molar-refractivity contribution is 7.17. The first kappa shape index (κ1) is 12.1. The molecular formula is C16H9NO3S. The molecule has 4 aromatic rings. The second kappa shape index (κ2) is 4.43. The summed E-state index contributed by atoms with van der Waals surface area (Å²) in [5.74, 6) is -0.451. The number of aromatic carboxylic acids is 1. The fourth-order valence-corrected chi connectivity index (χ4v) is 3.25. The van der Waals surface area contributed by atoms with Crippen molar-refractivity contribution in [3.8, 4) is 11.5 Å². The van der Waals surface area contributed by atoms with E-state index >= 15 is 0 Å². The first-order valence-corrected chi connectivity index (χ1v) is 7.21. The Bertz CT molecular complexity index is 983. The zero-order valence-corrected chi connectivity index (χ0v) is 11.6. The molecule has 4 rings (SSSR count). The van der Waals surface area contributed by atoms with E-state index in [-0.39, 0.29) is 5.56 Å². The largest absolute Gasteiger partial charge is 0.478 e. The van der Waals surface area contributed by atoms with E-state index in [9.17, 15) is 4.79 Å². The van der Waals surface area contributed by atoms with Crippen molar-refractivity contribution < 1.29 is 14.3 Å². The number of hydrogen-bond donors (Lipinski definition) is 1. The van der Waals surface area contributed by atoms with Crippen molar-refractivity contribution in [3.05, 3.63) is 53.4 Å². The summed E-state index contributed by atoms with van der Waals surface area (Å²) in [6.07, 6.45) is 0. The van der Waals surface area contributed by atoms with Gasteiger partial charge in [-0.05, 0) is 24.3 Å². The van der Waals surface area contributed by atoms with Crippen LogP contribution < -0.4 is 0 Å². The van der Waals surface area contributed by atoms with Crippen molar-refractivity contribution in [1.29, 1.82) is 0 Å². The van der Waals surface area contributed by atoms with Gasteiger partial charge in [0, 0.05) is 15.5 Å². The molecule has 2 heterocycles. The van der Waals surface area contributed by atoms with Crippen molar-refractivity contribution in [2.45, 2.75) is 0 Å². The number of aromatic nitrogens is 1. The van der Waals surface area contributed by atoms with Gasteiger partial charge in [0.2, 0.25) is 5.89 Å². The lowest BCUT2D eigenvalue weighted by Crippen LogP contribution is -1.94. The third-order valence-electron chi connectivity index (χ3n) is 3.35. The Morgan fingerprint density at radius 2 is 2.05 bits per heavy atom.